The number of hydrogen-bond donors (Lipinski definition) is 2. The maximum Gasteiger partial charge on any atom is 0.223 e. The Morgan fingerprint density at radius 1 is 0.655 bits per heavy atom. The Balaban J connectivity index is 1.28. The van der Waals surface area contributed by atoms with Crippen molar-refractivity contribution in [1.29, 1.82) is 0 Å². The summed E-state index contributed by atoms with van der Waals surface area (Å²) in [6.07, 6.45) is 6.01. The van der Waals surface area contributed by atoms with Gasteiger partial charge in [0.25, 0.3) is 0 Å². The molecule has 29 heavy (non-hydrogen) atoms. The Morgan fingerprint density at radius 3 is 1.62 bits per heavy atom. The first-order valence-corrected chi connectivity index (χ1v) is 10.9. The fourth-order valence-electron chi connectivity index (χ4n) is 4.03. The van der Waals surface area contributed by atoms with Crippen LogP contribution in [-0.2, 0) is 22.4 Å². The van der Waals surface area contributed by atoms with Crippen molar-refractivity contribution < 1.29 is 9.59 Å². The van der Waals surface area contributed by atoms with E-state index in [4.69, 9.17) is 0 Å². The quantitative estimate of drug-likeness (QED) is 0.636. The highest BCUT2D eigenvalue weighted by Gasteiger charge is 2.29. The SMILES string of the molecule is O=C(NCCCc1ccccc1)C1CCC(C(=O)NCCc2ccccc2)CC1. The fraction of sp³-hybridized carbons (Fsp3) is 0.440. The van der Waals surface area contributed by atoms with Crippen LogP contribution in [0.15, 0.2) is 60.7 Å². The average molecular weight is 393 g/mol. The molecule has 1 aliphatic rings. The van der Waals surface area contributed by atoms with Crippen molar-refractivity contribution in [1.82, 2.24) is 10.6 Å². The number of nitrogens with one attached hydrogen (secondary N) is 2. The summed E-state index contributed by atoms with van der Waals surface area (Å²) >= 11 is 0. The maximum absolute atomic E-state index is 12.4. The van der Waals surface area contributed by atoms with E-state index in [1.54, 1.807) is 0 Å². The highest BCUT2D eigenvalue weighted by Crippen LogP contribution is 2.29. The first-order valence-electron chi connectivity index (χ1n) is 10.9. The molecule has 2 N–H and O–H groups in total. The lowest BCUT2D eigenvalue weighted by molar-refractivity contribution is -0.130. The van der Waals surface area contributed by atoms with Crippen molar-refractivity contribution in [2.45, 2.75) is 44.9 Å². The van der Waals surface area contributed by atoms with Gasteiger partial charge in [0.05, 0.1) is 0 Å². The van der Waals surface area contributed by atoms with Gasteiger partial charge in [-0.05, 0) is 56.1 Å². The van der Waals surface area contributed by atoms with Crippen molar-refractivity contribution >= 4 is 11.8 Å². The van der Waals surface area contributed by atoms with Gasteiger partial charge in [0.2, 0.25) is 11.8 Å². The highest BCUT2D eigenvalue weighted by molar-refractivity contribution is 5.81. The van der Waals surface area contributed by atoms with E-state index in [1.807, 2.05) is 36.4 Å². The third-order valence-corrected chi connectivity index (χ3v) is 5.81. The van der Waals surface area contributed by atoms with E-state index in [2.05, 4.69) is 34.9 Å². The number of carbonyl (C=O) groups excluding carboxylic acids is 2. The van der Waals surface area contributed by atoms with E-state index >= 15 is 0 Å². The number of hydrogen-bond acceptors (Lipinski definition) is 2. The first kappa shape index (κ1) is 21.1. The topological polar surface area (TPSA) is 58.2 Å². The van der Waals surface area contributed by atoms with Crippen molar-refractivity contribution in [3.63, 3.8) is 0 Å². The Bertz CT molecular complexity index is 753. The van der Waals surface area contributed by atoms with E-state index in [9.17, 15) is 9.59 Å². The summed E-state index contributed by atoms with van der Waals surface area (Å²) in [5.41, 5.74) is 2.54. The minimum Gasteiger partial charge on any atom is -0.356 e. The molecule has 1 saturated carbocycles. The van der Waals surface area contributed by atoms with Gasteiger partial charge in [-0.1, -0.05) is 60.7 Å². The van der Waals surface area contributed by atoms with Crippen molar-refractivity contribution in [2.24, 2.45) is 11.8 Å². The zero-order valence-electron chi connectivity index (χ0n) is 17.1. The summed E-state index contributed by atoms with van der Waals surface area (Å²) in [4.78, 5) is 24.8. The molecule has 4 nitrogen and oxygen atoms in total. The van der Waals surface area contributed by atoms with E-state index < -0.39 is 0 Å². The molecule has 1 fully saturated rings. The molecule has 0 aromatic heterocycles. The summed E-state index contributed by atoms with van der Waals surface area (Å²) in [6, 6.07) is 20.5. The molecule has 0 bridgehead atoms. The number of aryl methyl sites for hydroxylation is 1. The van der Waals surface area contributed by atoms with Gasteiger partial charge in [-0.3, -0.25) is 9.59 Å². The Hall–Kier alpha value is -2.62. The molecule has 154 valence electrons. The van der Waals surface area contributed by atoms with Gasteiger partial charge in [0.1, 0.15) is 0 Å². The average Bonchev–Trinajstić information content (AvgIpc) is 2.78. The van der Waals surface area contributed by atoms with Crippen LogP contribution in [0.1, 0.15) is 43.2 Å². The molecule has 4 heteroatoms. The molecule has 2 aromatic carbocycles. The third-order valence-electron chi connectivity index (χ3n) is 5.81. The second-order valence-corrected chi connectivity index (χ2v) is 7.96. The molecule has 0 aliphatic heterocycles. The highest BCUT2D eigenvalue weighted by atomic mass is 16.2. The van der Waals surface area contributed by atoms with Gasteiger partial charge < -0.3 is 10.6 Å². The van der Waals surface area contributed by atoms with Crippen LogP contribution in [0.25, 0.3) is 0 Å². The lowest BCUT2D eigenvalue weighted by atomic mass is 9.81. The van der Waals surface area contributed by atoms with Crippen molar-refractivity contribution in [3.05, 3.63) is 71.8 Å². The number of benzene rings is 2. The normalized spacial score (nSPS) is 18.8. The lowest BCUT2D eigenvalue weighted by Gasteiger charge is -2.27. The molecule has 2 amide bonds. The summed E-state index contributed by atoms with van der Waals surface area (Å²) in [5.74, 6) is 0.400. The monoisotopic (exact) mass is 392 g/mol. The Labute approximate surface area is 174 Å². The molecule has 3 rings (SSSR count). The molecular formula is C25H32N2O2. The van der Waals surface area contributed by atoms with E-state index in [0.717, 1.165) is 44.9 Å². The maximum atomic E-state index is 12.4. The molecule has 0 spiro atoms. The number of rotatable bonds is 9. The van der Waals surface area contributed by atoms with Crippen molar-refractivity contribution in [2.75, 3.05) is 13.1 Å². The number of carbonyl (C=O) groups is 2. The van der Waals surface area contributed by atoms with Gasteiger partial charge in [0, 0.05) is 24.9 Å². The second-order valence-electron chi connectivity index (χ2n) is 7.96. The van der Waals surface area contributed by atoms with Gasteiger partial charge >= 0.3 is 0 Å². The van der Waals surface area contributed by atoms with Crippen molar-refractivity contribution in [3.8, 4) is 0 Å². The van der Waals surface area contributed by atoms with Crippen LogP contribution < -0.4 is 10.6 Å². The second kappa shape index (κ2) is 11.4. The van der Waals surface area contributed by atoms with Gasteiger partial charge in [-0.15, -0.1) is 0 Å². The molecule has 0 radical (unpaired) electrons. The molecule has 1 aliphatic carbocycles. The van der Waals surface area contributed by atoms with Crippen LogP contribution >= 0.6 is 0 Å². The minimum absolute atomic E-state index is 0.0490. The predicted molar refractivity (Wildman–Crippen MR) is 116 cm³/mol. The summed E-state index contributed by atoms with van der Waals surface area (Å²) in [7, 11) is 0. The van der Waals surface area contributed by atoms with Crippen LogP contribution in [0.4, 0.5) is 0 Å². The summed E-state index contributed by atoms with van der Waals surface area (Å²) in [5, 5.41) is 6.14. The van der Waals surface area contributed by atoms with E-state index in [1.165, 1.54) is 11.1 Å². The largest absolute Gasteiger partial charge is 0.356 e. The molecule has 0 atom stereocenters. The lowest BCUT2D eigenvalue weighted by Crippen LogP contribution is -2.38. The van der Waals surface area contributed by atoms with Gasteiger partial charge in [0.15, 0.2) is 0 Å². The van der Waals surface area contributed by atoms with Crippen LogP contribution in [0, 0.1) is 11.8 Å². The zero-order chi connectivity index (χ0) is 20.3. The van der Waals surface area contributed by atoms with E-state index in [-0.39, 0.29) is 23.7 Å². The molecule has 2 aromatic rings. The summed E-state index contributed by atoms with van der Waals surface area (Å²) < 4.78 is 0. The summed E-state index contributed by atoms with van der Waals surface area (Å²) in [6.45, 7) is 1.39. The van der Waals surface area contributed by atoms with Gasteiger partial charge in [-0.25, -0.2) is 0 Å². The molecular weight excluding hydrogens is 360 g/mol. The smallest absolute Gasteiger partial charge is 0.223 e. The van der Waals surface area contributed by atoms with Crippen LogP contribution in [-0.4, -0.2) is 24.9 Å². The van der Waals surface area contributed by atoms with E-state index in [0.29, 0.717) is 13.1 Å². The molecule has 0 saturated heterocycles. The minimum atomic E-state index is 0.0490. The Morgan fingerprint density at radius 2 is 1.10 bits per heavy atom. The van der Waals surface area contributed by atoms with Crippen LogP contribution in [0.5, 0.6) is 0 Å². The third kappa shape index (κ3) is 7.04. The standard InChI is InChI=1S/C25H32N2O2/c28-24(26-18-7-12-20-8-3-1-4-9-20)22-13-15-23(16-14-22)25(29)27-19-17-21-10-5-2-6-11-21/h1-6,8-11,22-23H,7,12-19H2,(H,26,28)(H,27,29). The number of amides is 2. The Kier molecular flexibility index (Phi) is 8.29. The first-order chi connectivity index (χ1) is 14.2. The zero-order valence-corrected chi connectivity index (χ0v) is 17.1. The fourth-order valence-corrected chi connectivity index (χ4v) is 4.03. The van der Waals surface area contributed by atoms with Crippen LogP contribution in [0.2, 0.25) is 0 Å². The molecule has 0 unspecified atom stereocenters. The van der Waals surface area contributed by atoms with Gasteiger partial charge in [-0.2, -0.15) is 0 Å². The van der Waals surface area contributed by atoms with Crippen LogP contribution in [0.3, 0.4) is 0 Å². The molecule has 0 heterocycles. The predicted octanol–water partition coefficient (Wildman–Crippen LogP) is 3.90.